The SMILES string of the molecule is CCC1CNC(=O)N(C)C1=O. The van der Waals surface area contributed by atoms with Crippen LogP contribution in [0.3, 0.4) is 0 Å². The number of urea groups is 1. The van der Waals surface area contributed by atoms with Crippen LogP contribution in [0.2, 0.25) is 0 Å². The highest BCUT2D eigenvalue weighted by atomic mass is 16.2. The van der Waals surface area contributed by atoms with E-state index >= 15 is 0 Å². The largest absolute Gasteiger partial charge is 0.337 e. The molecule has 0 radical (unpaired) electrons. The Hall–Kier alpha value is -1.06. The Morgan fingerprint density at radius 2 is 2.27 bits per heavy atom. The Kier molecular flexibility index (Phi) is 2.12. The molecule has 0 aromatic carbocycles. The first kappa shape index (κ1) is 8.04. The maximum absolute atomic E-state index is 11.2. The van der Waals surface area contributed by atoms with Gasteiger partial charge in [-0.25, -0.2) is 4.79 Å². The van der Waals surface area contributed by atoms with Crippen LogP contribution in [-0.2, 0) is 4.79 Å². The highest BCUT2D eigenvalue weighted by Crippen LogP contribution is 2.09. The summed E-state index contributed by atoms with van der Waals surface area (Å²) >= 11 is 0. The molecule has 62 valence electrons. The van der Waals surface area contributed by atoms with E-state index in [0.717, 1.165) is 11.3 Å². The summed E-state index contributed by atoms with van der Waals surface area (Å²) in [7, 11) is 1.50. The van der Waals surface area contributed by atoms with Crippen LogP contribution in [0.1, 0.15) is 13.3 Å². The summed E-state index contributed by atoms with van der Waals surface area (Å²) in [6, 6.07) is -0.292. The number of hydrogen-bond acceptors (Lipinski definition) is 2. The van der Waals surface area contributed by atoms with Crippen LogP contribution in [0.15, 0.2) is 0 Å². The molecular formula is C7H12N2O2. The van der Waals surface area contributed by atoms with Crippen molar-refractivity contribution in [1.29, 1.82) is 0 Å². The molecular weight excluding hydrogens is 144 g/mol. The van der Waals surface area contributed by atoms with E-state index in [9.17, 15) is 9.59 Å². The maximum Gasteiger partial charge on any atom is 0.323 e. The van der Waals surface area contributed by atoms with Crippen molar-refractivity contribution in [2.24, 2.45) is 5.92 Å². The second kappa shape index (κ2) is 2.90. The van der Waals surface area contributed by atoms with E-state index in [4.69, 9.17) is 0 Å². The summed E-state index contributed by atoms with van der Waals surface area (Å²) in [5, 5.41) is 2.63. The molecule has 1 unspecified atom stereocenters. The first-order valence-electron chi connectivity index (χ1n) is 3.72. The number of hydrogen-bond donors (Lipinski definition) is 1. The van der Waals surface area contributed by atoms with Crippen molar-refractivity contribution in [3.63, 3.8) is 0 Å². The Balaban J connectivity index is 2.67. The average molecular weight is 156 g/mol. The van der Waals surface area contributed by atoms with E-state index in [1.807, 2.05) is 6.92 Å². The van der Waals surface area contributed by atoms with E-state index in [-0.39, 0.29) is 17.9 Å². The van der Waals surface area contributed by atoms with Crippen molar-refractivity contribution >= 4 is 11.9 Å². The lowest BCUT2D eigenvalue weighted by atomic mass is 10.0. The molecule has 3 amide bonds. The summed E-state index contributed by atoms with van der Waals surface area (Å²) in [6.07, 6.45) is 0.781. The molecule has 1 atom stereocenters. The average Bonchev–Trinajstić information content (AvgIpc) is 2.01. The molecule has 4 nitrogen and oxygen atoms in total. The normalized spacial score (nSPS) is 25.3. The van der Waals surface area contributed by atoms with Crippen molar-refractivity contribution in [3.05, 3.63) is 0 Å². The summed E-state index contributed by atoms with van der Waals surface area (Å²) < 4.78 is 0. The van der Waals surface area contributed by atoms with Crippen LogP contribution < -0.4 is 5.32 Å². The fourth-order valence-corrected chi connectivity index (χ4v) is 1.11. The third kappa shape index (κ3) is 1.34. The van der Waals surface area contributed by atoms with Crippen LogP contribution in [0.25, 0.3) is 0 Å². The second-order valence-corrected chi connectivity index (χ2v) is 2.69. The Labute approximate surface area is 65.6 Å². The molecule has 1 fully saturated rings. The lowest BCUT2D eigenvalue weighted by molar-refractivity contribution is -0.132. The van der Waals surface area contributed by atoms with Gasteiger partial charge in [-0.1, -0.05) is 6.92 Å². The van der Waals surface area contributed by atoms with Gasteiger partial charge in [0.15, 0.2) is 0 Å². The maximum atomic E-state index is 11.2. The van der Waals surface area contributed by atoms with Crippen LogP contribution in [0.5, 0.6) is 0 Å². The van der Waals surface area contributed by atoms with Crippen molar-refractivity contribution in [2.45, 2.75) is 13.3 Å². The molecule has 0 spiro atoms. The quantitative estimate of drug-likeness (QED) is 0.589. The molecule has 1 heterocycles. The summed E-state index contributed by atoms with van der Waals surface area (Å²) in [4.78, 5) is 23.2. The molecule has 1 saturated heterocycles. The summed E-state index contributed by atoms with van der Waals surface area (Å²) in [5.41, 5.74) is 0. The van der Waals surface area contributed by atoms with Crippen molar-refractivity contribution in [2.75, 3.05) is 13.6 Å². The van der Waals surface area contributed by atoms with Crippen molar-refractivity contribution in [3.8, 4) is 0 Å². The first-order valence-corrected chi connectivity index (χ1v) is 3.72. The number of nitrogens with one attached hydrogen (secondary N) is 1. The molecule has 0 bridgehead atoms. The molecule has 1 aliphatic heterocycles. The molecule has 4 heteroatoms. The summed E-state index contributed by atoms with van der Waals surface area (Å²) in [6.45, 7) is 2.42. The number of carbonyl (C=O) groups is 2. The third-order valence-electron chi connectivity index (χ3n) is 1.98. The first-order chi connectivity index (χ1) is 5.16. The lowest BCUT2D eigenvalue weighted by Crippen LogP contribution is -2.52. The molecule has 1 rings (SSSR count). The fourth-order valence-electron chi connectivity index (χ4n) is 1.11. The number of rotatable bonds is 1. The van der Waals surface area contributed by atoms with Gasteiger partial charge < -0.3 is 5.32 Å². The third-order valence-corrected chi connectivity index (χ3v) is 1.98. The van der Waals surface area contributed by atoms with E-state index in [1.165, 1.54) is 7.05 Å². The second-order valence-electron chi connectivity index (χ2n) is 2.69. The Bertz CT molecular complexity index is 191. The van der Waals surface area contributed by atoms with Gasteiger partial charge in [-0.2, -0.15) is 0 Å². The van der Waals surface area contributed by atoms with Gasteiger partial charge in [0.25, 0.3) is 0 Å². The van der Waals surface area contributed by atoms with Gasteiger partial charge >= 0.3 is 6.03 Å². The van der Waals surface area contributed by atoms with Gasteiger partial charge in [0.2, 0.25) is 5.91 Å². The van der Waals surface area contributed by atoms with Crippen LogP contribution in [-0.4, -0.2) is 30.4 Å². The fraction of sp³-hybridized carbons (Fsp3) is 0.714. The van der Waals surface area contributed by atoms with Gasteiger partial charge in [0.1, 0.15) is 0 Å². The zero-order valence-corrected chi connectivity index (χ0v) is 6.76. The molecule has 11 heavy (non-hydrogen) atoms. The minimum Gasteiger partial charge on any atom is -0.337 e. The van der Waals surface area contributed by atoms with Crippen molar-refractivity contribution in [1.82, 2.24) is 10.2 Å². The van der Waals surface area contributed by atoms with Gasteiger partial charge in [-0.3, -0.25) is 9.69 Å². The van der Waals surface area contributed by atoms with Crippen LogP contribution >= 0.6 is 0 Å². The summed E-state index contributed by atoms with van der Waals surface area (Å²) in [5.74, 6) is -0.103. The highest BCUT2D eigenvalue weighted by molar-refractivity contribution is 5.97. The number of imide groups is 1. The minimum absolute atomic E-state index is 0.0299. The van der Waals surface area contributed by atoms with Gasteiger partial charge in [0, 0.05) is 13.6 Å². The zero-order valence-electron chi connectivity index (χ0n) is 6.76. The topological polar surface area (TPSA) is 49.4 Å². The van der Waals surface area contributed by atoms with E-state index in [0.29, 0.717) is 6.54 Å². The zero-order chi connectivity index (χ0) is 8.43. The van der Waals surface area contributed by atoms with Gasteiger partial charge in [-0.05, 0) is 6.42 Å². The predicted octanol–water partition coefficient (Wildman–Crippen LogP) is 0.194. The number of amides is 3. The molecule has 0 aromatic rings. The van der Waals surface area contributed by atoms with Crippen molar-refractivity contribution < 1.29 is 9.59 Å². The lowest BCUT2D eigenvalue weighted by Gasteiger charge is -2.27. The molecule has 0 aliphatic carbocycles. The Morgan fingerprint density at radius 1 is 1.64 bits per heavy atom. The molecule has 0 aromatic heterocycles. The highest BCUT2D eigenvalue weighted by Gasteiger charge is 2.29. The predicted molar refractivity (Wildman–Crippen MR) is 39.9 cm³/mol. The number of carbonyl (C=O) groups excluding carboxylic acids is 2. The molecule has 1 N–H and O–H groups in total. The van der Waals surface area contributed by atoms with E-state index < -0.39 is 0 Å². The molecule has 0 saturated carbocycles. The Morgan fingerprint density at radius 3 is 2.82 bits per heavy atom. The van der Waals surface area contributed by atoms with E-state index in [1.54, 1.807) is 0 Å². The molecule has 1 aliphatic rings. The number of nitrogens with zero attached hydrogens (tertiary/aromatic N) is 1. The minimum atomic E-state index is -0.292. The van der Waals surface area contributed by atoms with Crippen LogP contribution in [0.4, 0.5) is 4.79 Å². The smallest absolute Gasteiger partial charge is 0.323 e. The standard InChI is InChI=1S/C7H12N2O2/c1-3-5-4-8-7(11)9(2)6(5)10/h5H,3-4H2,1-2H3,(H,8,11). The monoisotopic (exact) mass is 156 g/mol. The van der Waals surface area contributed by atoms with Gasteiger partial charge in [0.05, 0.1) is 5.92 Å². The van der Waals surface area contributed by atoms with E-state index in [2.05, 4.69) is 5.32 Å². The van der Waals surface area contributed by atoms with Gasteiger partial charge in [-0.15, -0.1) is 0 Å². The van der Waals surface area contributed by atoms with Crippen LogP contribution in [0, 0.1) is 5.92 Å².